The van der Waals surface area contributed by atoms with Gasteiger partial charge >= 0.3 is 0 Å². The lowest BCUT2D eigenvalue weighted by molar-refractivity contribution is 0.194. The number of rotatable bonds is 5. The van der Waals surface area contributed by atoms with E-state index in [2.05, 4.69) is 0 Å². The zero-order valence-electron chi connectivity index (χ0n) is 7.51. The van der Waals surface area contributed by atoms with Crippen LogP contribution in [0.5, 0.6) is 0 Å². The predicted octanol–water partition coefficient (Wildman–Crippen LogP) is 0.498. The van der Waals surface area contributed by atoms with Crippen LogP contribution in [0.2, 0.25) is 0 Å². The molecule has 0 radical (unpaired) electrons. The zero-order valence-corrected chi connectivity index (χ0v) is 8.32. The number of halogens is 1. The highest BCUT2D eigenvalue weighted by molar-refractivity contribution is 7.91. The zero-order chi connectivity index (χ0) is 9.83. The molecule has 0 aliphatic carbocycles. The van der Waals surface area contributed by atoms with Crippen LogP contribution in [-0.2, 0) is 9.84 Å². The normalized spacial score (nSPS) is 17.3. The van der Waals surface area contributed by atoms with Crippen LogP contribution in [-0.4, -0.2) is 32.1 Å². The van der Waals surface area contributed by atoms with Crippen molar-refractivity contribution >= 4 is 9.84 Å². The summed E-state index contributed by atoms with van der Waals surface area (Å²) in [6.07, 6.45) is -0.0142. The molecular formula is C7H16FNO2S. The van der Waals surface area contributed by atoms with E-state index in [9.17, 15) is 12.8 Å². The molecule has 0 heterocycles. The van der Waals surface area contributed by atoms with E-state index >= 15 is 0 Å². The molecule has 0 aliphatic rings. The molecule has 0 saturated carbocycles. The molecule has 0 aromatic rings. The fourth-order valence-electron chi connectivity index (χ4n) is 0.615. The maximum atomic E-state index is 13.1. The SMILES string of the molecule is CCS(=O)(=O)CCC(C)(F)CN. The predicted molar refractivity (Wildman–Crippen MR) is 47.5 cm³/mol. The minimum Gasteiger partial charge on any atom is -0.328 e. The molecule has 2 N–H and O–H groups in total. The van der Waals surface area contributed by atoms with Crippen LogP contribution in [0.25, 0.3) is 0 Å². The van der Waals surface area contributed by atoms with Crippen molar-refractivity contribution < 1.29 is 12.8 Å². The number of hydrogen-bond donors (Lipinski definition) is 1. The molecule has 0 aromatic heterocycles. The lowest BCUT2D eigenvalue weighted by atomic mass is 10.1. The minimum absolute atomic E-state index is 0.0142. The van der Waals surface area contributed by atoms with Crippen molar-refractivity contribution in [1.29, 1.82) is 0 Å². The molecule has 0 spiro atoms. The molecule has 0 saturated heterocycles. The topological polar surface area (TPSA) is 60.2 Å². The molecule has 0 aromatic carbocycles. The number of nitrogens with two attached hydrogens (primary N) is 1. The van der Waals surface area contributed by atoms with Gasteiger partial charge in [-0.15, -0.1) is 0 Å². The Morgan fingerprint density at radius 3 is 2.33 bits per heavy atom. The highest BCUT2D eigenvalue weighted by Gasteiger charge is 2.23. The van der Waals surface area contributed by atoms with Gasteiger partial charge in [0.25, 0.3) is 0 Å². The Hall–Kier alpha value is -0.160. The highest BCUT2D eigenvalue weighted by atomic mass is 32.2. The number of sulfone groups is 1. The standard InChI is InChI=1S/C7H16FNO2S/c1-3-12(10,11)5-4-7(2,8)6-9/h3-6,9H2,1-2H3. The van der Waals surface area contributed by atoms with Gasteiger partial charge in [0.05, 0.1) is 5.75 Å². The molecular weight excluding hydrogens is 181 g/mol. The summed E-state index contributed by atoms with van der Waals surface area (Å²) in [5, 5.41) is 0. The van der Waals surface area contributed by atoms with Crippen molar-refractivity contribution in [1.82, 2.24) is 0 Å². The second-order valence-electron chi connectivity index (χ2n) is 3.10. The minimum atomic E-state index is -3.06. The van der Waals surface area contributed by atoms with E-state index in [-0.39, 0.29) is 24.5 Å². The van der Waals surface area contributed by atoms with Gasteiger partial charge in [-0.1, -0.05) is 6.92 Å². The second-order valence-corrected chi connectivity index (χ2v) is 5.58. The van der Waals surface area contributed by atoms with Gasteiger partial charge in [0, 0.05) is 12.3 Å². The quantitative estimate of drug-likeness (QED) is 0.698. The summed E-state index contributed by atoms with van der Waals surface area (Å²) in [6.45, 7) is 2.73. The lowest BCUT2D eigenvalue weighted by Crippen LogP contribution is -2.31. The Labute approximate surface area is 73.1 Å². The van der Waals surface area contributed by atoms with Crippen molar-refractivity contribution in [2.75, 3.05) is 18.1 Å². The molecule has 0 rings (SSSR count). The maximum Gasteiger partial charge on any atom is 0.150 e. The summed E-state index contributed by atoms with van der Waals surface area (Å²) < 4.78 is 35.0. The average molecular weight is 197 g/mol. The van der Waals surface area contributed by atoms with Gasteiger partial charge < -0.3 is 5.73 Å². The third-order valence-electron chi connectivity index (χ3n) is 1.80. The Morgan fingerprint density at radius 1 is 1.50 bits per heavy atom. The van der Waals surface area contributed by atoms with E-state index in [1.54, 1.807) is 6.92 Å². The largest absolute Gasteiger partial charge is 0.328 e. The monoisotopic (exact) mass is 197 g/mol. The van der Waals surface area contributed by atoms with E-state index in [0.717, 1.165) is 0 Å². The average Bonchev–Trinajstić information content (AvgIpc) is 2.02. The van der Waals surface area contributed by atoms with E-state index in [1.807, 2.05) is 0 Å². The van der Waals surface area contributed by atoms with Crippen LogP contribution in [0.3, 0.4) is 0 Å². The molecule has 74 valence electrons. The summed E-state index contributed by atoms with van der Waals surface area (Å²) in [5.41, 5.74) is 3.55. The van der Waals surface area contributed by atoms with Gasteiger partial charge in [-0.3, -0.25) is 0 Å². The Bertz CT molecular complexity index is 224. The second kappa shape index (κ2) is 4.18. The van der Waals surface area contributed by atoms with Crippen molar-refractivity contribution in [3.05, 3.63) is 0 Å². The molecule has 1 atom stereocenters. The van der Waals surface area contributed by atoms with E-state index < -0.39 is 15.5 Å². The van der Waals surface area contributed by atoms with Crippen LogP contribution >= 0.6 is 0 Å². The van der Waals surface area contributed by atoms with E-state index in [4.69, 9.17) is 5.73 Å². The molecule has 12 heavy (non-hydrogen) atoms. The lowest BCUT2D eigenvalue weighted by Gasteiger charge is -2.16. The molecule has 0 amide bonds. The molecule has 0 aliphatic heterocycles. The fraction of sp³-hybridized carbons (Fsp3) is 1.00. The summed E-state index contributed by atoms with van der Waals surface area (Å²) >= 11 is 0. The van der Waals surface area contributed by atoms with Crippen LogP contribution in [0, 0.1) is 0 Å². The van der Waals surface area contributed by atoms with Gasteiger partial charge in [0.1, 0.15) is 15.5 Å². The molecule has 0 fully saturated rings. The third-order valence-corrected chi connectivity index (χ3v) is 3.51. The smallest absolute Gasteiger partial charge is 0.150 e. The first-order valence-electron chi connectivity index (χ1n) is 3.92. The van der Waals surface area contributed by atoms with Crippen LogP contribution < -0.4 is 5.73 Å². The highest BCUT2D eigenvalue weighted by Crippen LogP contribution is 2.14. The van der Waals surface area contributed by atoms with Gasteiger partial charge in [0.2, 0.25) is 0 Å². The molecule has 5 heteroatoms. The first-order chi connectivity index (χ1) is 5.33. The van der Waals surface area contributed by atoms with E-state index in [0.29, 0.717) is 0 Å². The van der Waals surface area contributed by atoms with Crippen molar-refractivity contribution in [3.63, 3.8) is 0 Å². The summed E-state index contributed by atoms with van der Waals surface area (Å²) in [7, 11) is -3.06. The Morgan fingerprint density at radius 2 is 2.00 bits per heavy atom. The Kier molecular flexibility index (Phi) is 4.13. The van der Waals surface area contributed by atoms with Gasteiger partial charge in [-0.2, -0.15) is 0 Å². The molecule has 0 bridgehead atoms. The van der Waals surface area contributed by atoms with Crippen LogP contribution in [0.15, 0.2) is 0 Å². The van der Waals surface area contributed by atoms with E-state index in [1.165, 1.54) is 6.92 Å². The number of alkyl halides is 1. The summed E-state index contributed by atoms with van der Waals surface area (Å²) in [4.78, 5) is 0. The third kappa shape index (κ3) is 4.66. The molecule has 1 unspecified atom stereocenters. The van der Waals surface area contributed by atoms with Crippen molar-refractivity contribution in [2.45, 2.75) is 25.9 Å². The number of hydrogen-bond acceptors (Lipinski definition) is 3. The van der Waals surface area contributed by atoms with Crippen molar-refractivity contribution in [3.8, 4) is 0 Å². The Balaban J connectivity index is 4.00. The van der Waals surface area contributed by atoms with Gasteiger partial charge in [-0.05, 0) is 13.3 Å². The van der Waals surface area contributed by atoms with Crippen LogP contribution in [0.4, 0.5) is 4.39 Å². The van der Waals surface area contributed by atoms with Gasteiger partial charge in [-0.25, -0.2) is 12.8 Å². The van der Waals surface area contributed by atoms with Gasteiger partial charge in [0.15, 0.2) is 0 Å². The molecule has 3 nitrogen and oxygen atoms in total. The van der Waals surface area contributed by atoms with Crippen LogP contribution in [0.1, 0.15) is 20.3 Å². The first kappa shape index (κ1) is 11.8. The van der Waals surface area contributed by atoms with Crippen molar-refractivity contribution in [2.24, 2.45) is 5.73 Å². The summed E-state index contributed by atoms with van der Waals surface area (Å²) in [6, 6.07) is 0. The summed E-state index contributed by atoms with van der Waals surface area (Å²) in [5.74, 6) is -0.0542. The maximum absolute atomic E-state index is 13.1. The fourth-order valence-corrected chi connectivity index (χ4v) is 1.64. The first-order valence-corrected chi connectivity index (χ1v) is 5.74.